The van der Waals surface area contributed by atoms with E-state index in [1.165, 1.54) is 12.1 Å². The molecule has 1 amide bonds. The van der Waals surface area contributed by atoms with Crippen LogP contribution in [0.15, 0.2) is 18.2 Å². The minimum Gasteiger partial charge on any atom is -0.508 e. The third-order valence-corrected chi connectivity index (χ3v) is 2.69. The van der Waals surface area contributed by atoms with Crippen LogP contribution in [0, 0.1) is 5.82 Å². The molecule has 0 spiro atoms. The van der Waals surface area contributed by atoms with Gasteiger partial charge in [-0.25, -0.2) is 9.18 Å². The van der Waals surface area contributed by atoms with Crippen molar-refractivity contribution in [2.45, 2.75) is 39.3 Å². The number of amides is 1. The predicted octanol–water partition coefficient (Wildman–Crippen LogP) is 2.71. The molecule has 5 nitrogen and oxygen atoms in total. The fourth-order valence-corrected chi connectivity index (χ4v) is 1.74. The van der Waals surface area contributed by atoms with Crippen molar-refractivity contribution in [3.63, 3.8) is 0 Å². The lowest BCUT2D eigenvalue weighted by molar-refractivity contribution is 0.0528. The fourth-order valence-electron chi connectivity index (χ4n) is 1.74. The highest BCUT2D eigenvalue weighted by molar-refractivity contribution is 5.67. The van der Waals surface area contributed by atoms with Crippen LogP contribution in [0.5, 0.6) is 5.75 Å². The van der Waals surface area contributed by atoms with Crippen LogP contribution in [0.4, 0.5) is 9.18 Å². The summed E-state index contributed by atoms with van der Waals surface area (Å²) in [4.78, 5) is 11.4. The lowest BCUT2D eigenvalue weighted by Gasteiger charge is -2.20. The summed E-state index contributed by atoms with van der Waals surface area (Å²) in [7, 11) is 0. The van der Waals surface area contributed by atoms with E-state index in [2.05, 4.69) is 10.6 Å². The standard InChI is InChI=1S/C15H23FN2O3/c1-10(12-6-5-11(19)9-13(12)16)17-7-8-18-14(20)21-15(2,3)4/h5-6,9-10,17,19H,7-8H2,1-4H3,(H,18,20). The van der Waals surface area contributed by atoms with Gasteiger partial charge in [-0.05, 0) is 33.8 Å². The van der Waals surface area contributed by atoms with Crippen molar-refractivity contribution in [1.29, 1.82) is 0 Å². The first-order chi connectivity index (χ1) is 9.69. The van der Waals surface area contributed by atoms with Gasteiger partial charge in [0.1, 0.15) is 17.2 Å². The topological polar surface area (TPSA) is 70.6 Å². The number of ether oxygens (including phenoxy) is 1. The van der Waals surface area contributed by atoms with E-state index in [0.717, 1.165) is 6.07 Å². The number of halogens is 1. The molecule has 0 bridgehead atoms. The van der Waals surface area contributed by atoms with Crippen molar-refractivity contribution in [3.8, 4) is 5.75 Å². The second-order valence-electron chi connectivity index (χ2n) is 5.81. The van der Waals surface area contributed by atoms with Gasteiger partial charge in [-0.15, -0.1) is 0 Å². The highest BCUT2D eigenvalue weighted by Gasteiger charge is 2.15. The summed E-state index contributed by atoms with van der Waals surface area (Å²) < 4.78 is 18.7. The first kappa shape index (κ1) is 17.2. The largest absolute Gasteiger partial charge is 0.508 e. The first-order valence-corrected chi connectivity index (χ1v) is 6.87. The number of carbonyl (C=O) groups excluding carboxylic acids is 1. The molecule has 0 aromatic heterocycles. The van der Waals surface area contributed by atoms with Crippen molar-refractivity contribution in [3.05, 3.63) is 29.6 Å². The van der Waals surface area contributed by atoms with Crippen LogP contribution in [-0.2, 0) is 4.74 Å². The molecule has 1 unspecified atom stereocenters. The third kappa shape index (κ3) is 6.44. The molecule has 0 aliphatic carbocycles. The summed E-state index contributed by atoms with van der Waals surface area (Å²) in [6.45, 7) is 8.03. The highest BCUT2D eigenvalue weighted by atomic mass is 19.1. The molecule has 118 valence electrons. The summed E-state index contributed by atoms with van der Waals surface area (Å²) in [5.41, 5.74) is -0.0648. The Labute approximate surface area is 124 Å². The predicted molar refractivity (Wildman–Crippen MR) is 78.7 cm³/mol. The van der Waals surface area contributed by atoms with Crippen LogP contribution in [0.3, 0.4) is 0 Å². The molecular weight excluding hydrogens is 275 g/mol. The molecule has 0 radical (unpaired) electrons. The number of carbonyl (C=O) groups is 1. The molecule has 1 aromatic rings. The van der Waals surface area contributed by atoms with Crippen LogP contribution >= 0.6 is 0 Å². The number of phenols is 1. The van der Waals surface area contributed by atoms with Crippen molar-refractivity contribution in [2.24, 2.45) is 0 Å². The van der Waals surface area contributed by atoms with E-state index < -0.39 is 17.5 Å². The van der Waals surface area contributed by atoms with E-state index in [9.17, 15) is 9.18 Å². The van der Waals surface area contributed by atoms with Gasteiger partial charge in [-0.2, -0.15) is 0 Å². The molecule has 21 heavy (non-hydrogen) atoms. The minimum atomic E-state index is -0.528. The molecule has 3 N–H and O–H groups in total. The molecule has 1 aromatic carbocycles. The number of alkyl carbamates (subject to hydrolysis) is 1. The SMILES string of the molecule is CC(NCCNC(=O)OC(C)(C)C)c1ccc(O)cc1F. The smallest absolute Gasteiger partial charge is 0.407 e. The van der Waals surface area contributed by atoms with Gasteiger partial charge in [0.15, 0.2) is 0 Å². The first-order valence-electron chi connectivity index (χ1n) is 6.87. The number of hydrogen-bond donors (Lipinski definition) is 3. The molecule has 0 fully saturated rings. The van der Waals surface area contributed by atoms with E-state index in [1.54, 1.807) is 20.8 Å². The van der Waals surface area contributed by atoms with Crippen molar-refractivity contribution >= 4 is 6.09 Å². The highest BCUT2D eigenvalue weighted by Crippen LogP contribution is 2.20. The van der Waals surface area contributed by atoms with E-state index in [-0.39, 0.29) is 11.8 Å². The Morgan fingerprint density at radius 2 is 2.05 bits per heavy atom. The molecule has 0 heterocycles. The molecule has 0 saturated carbocycles. The van der Waals surface area contributed by atoms with Gasteiger partial charge in [0.05, 0.1) is 0 Å². The third-order valence-electron chi connectivity index (χ3n) is 2.69. The molecule has 1 rings (SSSR count). The zero-order valence-corrected chi connectivity index (χ0v) is 12.9. The number of benzene rings is 1. The van der Waals surface area contributed by atoms with Gasteiger partial charge in [0.2, 0.25) is 0 Å². The lowest BCUT2D eigenvalue weighted by atomic mass is 10.1. The maximum atomic E-state index is 13.6. The summed E-state index contributed by atoms with van der Waals surface area (Å²) in [6, 6.07) is 3.82. The zero-order chi connectivity index (χ0) is 16.0. The van der Waals surface area contributed by atoms with E-state index in [4.69, 9.17) is 9.84 Å². The molecule has 0 saturated heterocycles. The van der Waals surface area contributed by atoms with Gasteiger partial charge in [-0.1, -0.05) is 6.07 Å². The molecule has 0 aliphatic rings. The van der Waals surface area contributed by atoms with Crippen LogP contribution in [0.2, 0.25) is 0 Å². The van der Waals surface area contributed by atoms with Crippen molar-refractivity contribution in [2.75, 3.05) is 13.1 Å². The fraction of sp³-hybridized carbons (Fsp3) is 0.533. The summed E-state index contributed by atoms with van der Waals surface area (Å²) in [6.07, 6.45) is -0.479. The monoisotopic (exact) mass is 298 g/mol. The maximum absolute atomic E-state index is 13.6. The molecule has 6 heteroatoms. The lowest BCUT2D eigenvalue weighted by Crippen LogP contribution is -2.37. The number of nitrogens with one attached hydrogen (secondary N) is 2. The van der Waals surface area contributed by atoms with Crippen molar-refractivity contribution < 1.29 is 19.0 Å². The Morgan fingerprint density at radius 3 is 2.62 bits per heavy atom. The van der Waals surface area contributed by atoms with Crippen LogP contribution in [0.25, 0.3) is 0 Å². The molecule has 0 aliphatic heterocycles. The normalized spacial score (nSPS) is 12.8. The van der Waals surface area contributed by atoms with Gasteiger partial charge < -0.3 is 20.5 Å². The Hall–Kier alpha value is -1.82. The van der Waals surface area contributed by atoms with E-state index in [1.807, 2.05) is 6.92 Å². The zero-order valence-electron chi connectivity index (χ0n) is 12.9. The van der Waals surface area contributed by atoms with Crippen LogP contribution in [0.1, 0.15) is 39.3 Å². The van der Waals surface area contributed by atoms with Gasteiger partial charge in [-0.3, -0.25) is 0 Å². The average Bonchev–Trinajstić information content (AvgIpc) is 2.32. The van der Waals surface area contributed by atoms with Crippen LogP contribution in [-0.4, -0.2) is 29.9 Å². The second-order valence-corrected chi connectivity index (χ2v) is 5.81. The number of aromatic hydroxyl groups is 1. The van der Waals surface area contributed by atoms with Crippen molar-refractivity contribution in [1.82, 2.24) is 10.6 Å². The molecular formula is C15H23FN2O3. The average molecular weight is 298 g/mol. The minimum absolute atomic E-state index is 0.102. The van der Waals surface area contributed by atoms with Gasteiger partial charge in [0.25, 0.3) is 0 Å². The Morgan fingerprint density at radius 1 is 1.38 bits per heavy atom. The quantitative estimate of drug-likeness (QED) is 0.731. The van der Waals surface area contributed by atoms with E-state index >= 15 is 0 Å². The number of hydrogen-bond acceptors (Lipinski definition) is 4. The Balaban J connectivity index is 2.34. The van der Waals surface area contributed by atoms with Gasteiger partial charge >= 0.3 is 6.09 Å². The molecule has 1 atom stereocenters. The number of rotatable bonds is 5. The summed E-state index contributed by atoms with van der Waals surface area (Å²) in [5, 5.41) is 14.9. The number of phenolic OH excluding ortho intramolecular Hbond substituents is 1. The van der Waals surface area contributed by atoms with Gasteiger partial charge in [0, 0.05) is 30.8 Å². The summed E-state index contributed by atoms with van der Waals surface area (Å²) in [5.74, 6) is -0.565. The Bertz CT molecular complexity index is 486. The maximum Gasteiger partial charge on any atom is 0.407 e. The van der Waals surface area contributed by atoms with E-state index in [0.29, 0.717) is 18.7 Å². The van der Waals surface area contributed by atoms with Crippen LogP contribution < -0.4 is 10.6 Å². The second kappa shape index (κ2) is 7.26. The Kier molecular flexibility index (Phi) is 5.96. The summed E-state index contributed by atoms with van der Waals surface area (Å²) >= 11 is 0.